The average molecular weight is 212 g/mol. The van der Waals surface area contributed by atoms with Crippen LogP contribution in [0.5, 0.6) is 0 Å². The maximum Gasteiger partial charge on any atom is 0.318 e. The molecule has 0 spiro atoms. The van der Waals surface area contributed by atoms with Crippen LogP contribution in [0, 0.1) is 0 Å². The van der Waals surface area contributed by atoms with Gasteiger partial charge < -0.3 is 19.8 Å². The maximum absolute atomic E-state index is 5.48. The van der Waals surface area contributed by atoms with Gasteiger partial charge in [0.25, 0.3) is 0 Å². The first-order valence-corrected chi connectivity index (χ1v) is 5.09. The van der Waals surface area contributed by atoms with Crippen LogP contribution in [-0.2, 0) is 11.3 Å². The molecule has 6 heteroatoms. The molecule has 2 N–H and O–H groups in total. The van der Waals surface area contributed by atoms with Crippen molar-refractivity contribution >= 4 is 6.01 Å². The molecule has 2 unspecified atom stereocenters. The fourth-order valence-corrected chi connectivity index (χ4v) is 1.84. The number of hydrogen-bond donors (Lipinski definition) is 1. The van der Waals surface area contributed by atoms with E-state index in [0.29, 0.717) is 17.9 Å². The Hall–Kier alpha value is -1.14. The van der Waals surface area contributed by atoms with Crippen LogP contribution in [0.25, 0.3) is 0 Å². The summed E-state index contributed by atoms with van der Waals surface area (Å²) in [5.41, 5.74) is 5.40. The van der Waals surface area contributed by atoms with E-state index >= 15 is 0 Å². The number of nitrogens with zero attached hydrogens (tertiary/aromatic N) is 3. The van der Waals surface area contributed by atoms with E-state index in [1.165, 1.54) is 0 Å². The zero-order chi connectivity index (χ0) is 10.8. The summed E-state index contributed by atoms with van der Waals surface area (Å²) in [4.78, 5) is 1.96. The number of hydrogen-bond acceptors (Lipinski definition) is 6. The van der Waals surface area contributed by atoms with Crippen molar-refractivity contribution in [1.29, 1.82) is 0 Å². The van der Waals surface area contributed by atoms with Gasteiger partial charge in [0, 0.05) is 13.7 Å². The smallest absolute Gasteiger partial charge is 0.318 e. The van der Waals surface area contributed by atoms with Crippen molar-refractivity contribution in [3.63, 3.8) is 0 Å². The minimum Gasteiger partial charge on any atom is -0.407 e. The minimum absolute atomic E-state index is 0.197. The molecule has 1 fully saturated rings. The summed E-state index contributed by atoms with van der Waals surface area (Å²) in [6.07, 6.45) is 1.18. The number of aromatic nitrogens is 2. The van der Waals surface area contributed by atoms with Gasteiger partial charge in [-0.3, -0.25) is 0 Å². The molecule has 0 aliphatic carbocycles. The molecule has 0 radical (unpaired) electrons. The Morgan fingerprint density at radius 2 is 2.33 bits per heavy atom. The normalized spacial score (nSPS) is 25.8. The van der Waals surface area contributed by atoms with Gasteiger partial charge in [0.15, 0.2) is 0 Å². The zero-order valence-corrected chi connectivity index (χ0v) is 9.01. The van der Waals surface area contributed by atoms with E-state index in [1.807, 2.05) is 18.9 Å². The zero-order valence-electron chi connectivity index (χ0n) is 9.01. The molecule has 1 aromatic rings. The van der Waals surface area contributed by atoms with E-state index in [2.05, 4.69) is 10.2 Å². The summed E-state index contributed by atoms with van der Waals surface area (Å²) < 4.78 is 10.9. The van der Waals surface area contributed by atoms with Crippen LogP contribution >= 0.6 is 0 Å². The van der Waals surface area contributed by atoms with E-state index in [9.17, 15) is 0 Å². The summed E-state index contributed by atoms with van der Waals surface area (Å²) in [6.45, 7) is 3.11. The first-order chi connectivity index (χ1) is 7.22. The van der Waals surface area contributed by atoms with Crippen LogP contribution in [0.2, 0.25) is 0 Å². The third-order valence-electron chi connectivity index (χ3n) is 2.77. The Kier molecular flexibility index (Phi) is 2.88. The first kappa shape index (κ1) is 10.4. The average Bonchev–Trinajstić information content (AvgIpc) is 2.84. The lowest BCUT2D eigenvalue weighted by molar-refractivity contribution is 0.117. The lowest BCUT2D eigenvalue weighted by Gasteiger charge is -2.24. The third kappa shape index (κ3) is 1.95. The number of nitrogens with two attached hydrogens (primary N) is 1. The van der Waals surface area contributed by atoms with E-state index in [1.54, 1.807) is 0 Å². The molecular formula is C9H16N4O2. The predicted molar refractivity (Wildman–Crippen MR) is 54.4 cm³/mol. The highest BCUT2D eigenvalue weighted by molar-refractivity contribution is 5.25. The molecule has 0 bridgehead atoms. The highest BCUT2D eigenvalue weighted by Crippen LogP contribution is 2.22. The fraction of sp³-hybridized carbons (Fsp3) is 0.778. The quantitative estimate of drug-likeness (QED) is 0.768. The van der Waals surface area contributed by atoms with E-state index in [-0.39, 0.29) is 12.6 Å². The molecular weight excluding hydrogens is 196 g/mol. The summed E-state index contributed by atoms with van der Waals surface area (Å²) in [7, 11) is 1.93. The number of ether oxygens (including phenoxy) is 1. The SMILES string of the molecule is CC1OCCC1N(C)c1nnc(CN)o1. The van der Waals surface area contributed by atoms with Crippen molar-refractivity contribution in [2.75, 3.05) is 18.6 Å². The molecule has 0 saturated carbocycles. The van der Waals surface area contributed by atoms with Crippen molar-refractivity contribution in [3.8, 4) is 0 Å². The lowest BCUT2D eigenvalue weighted by Crippen LogP contribution is -2.36. The van der Waals surface area contributed by atoms with Crippen molar-refractivity contribution in [1.82, 2.24) is 10.2 Å². The van der Waals surface area contributed by atoms with Crippen molar-refractivity contribution < 1.29 is 9.15 Å². The highest BCUT2D eigenvalue weighted by Gasteiger charge is 2.30. The molecule has 1 aliphatic heterocycles. The fourth-order valence-electron chi connectivity index (χ4n) is 1.84. The van der Waals surface area contributed by atoms with Gasteiger partial charge in [-0.2, -0.15) is 0 Å². The van der Waals surface area contributed by atoms with Crippen LogP contribution in [-0.4, -0.2) is 36.0 Å². The third-order valence-corrected chi connectivity index (χ3v) is 2.77. The van der Waals surface area contributed by atoms with Gasteiger partial charge in [0.2, 0.25) is 5.89 Å². The van der Waals surface area contributed by atoms with Crippen molar-refractivity contribution in [3.05, 3.63) is 5.89 Å². The summed E-state index contributed by atoms with van der Waals surface area (Å²) in [5, 5.41) is 7.77. The standard InChI is InChI=1S/C9H16N4O2/c1-6-7(3-4-14-6)13(2)9-12-11-8(5-10)15-9/h6-7H,3-5,10H2,1-2H3. The summed E-state index contributed by atoms with van der Waals surface area (Å²) >= 11 is 0. The molecule has 6 nitrogen and oxygen atoms in total. The number of anilines is 1. The Balaban J connectivity index is 2.09. The molecule has 1 saturated heterocycles. The second-order valence-corrected chi connectivity index (χ2v) is 3.73. The second kappa shape index (κ2) is 4.16. The maximum atomic E-state index is 5.48. The summed E-state index contributed by atoms with van der Waals surface area (Å²) in [5.74, 6) is 0.461. The van der Waals surface area contributed by atoms with Crippen LogP contribution < -0.4 is 10.6 Å². The van der Waals surface area contributed by atoms with Gasteiger partial charge in [0.1, 0.15) is 0 Å². The van der Waals surface area contributed by atoms with E-state index in [0.717, 1.165) is 13.0 Å². The van der Waals surface area contributed by atoms with Crippen LogP contribution in [0.15, 0.2) is 4.42 Å². The molecule has 0 amide bonds. The Bertz CT molecular complexity index is 328. The first-order valence-electron chi connectivity index (χ1n) is 5.09. The Labute approximate surface area is 88.4 Å². The monoisotopic (exact) mass is 212 g/mol. The largest absolute Gasteiger partial charge is 0.407 e. The van der Waals surface area contributed by atoms with Crippen LogP contribution in [0.4, 0.5) is 6.01 Å². The van der Waals surface area contributed by atoms with Gasteiger partial charge in [0.05, 0.1) is 18.7 Å². The highest BCUT2D eigenvalue weighted by atomic mass is 16.5. The van der Waals surface area contributed by atoms with Gasteiger partial charge in [-0.25, -0.2) is 0 Å². The van der Waals surface area contributed by atoms with Gasteiger partial charge >= 0.3 is 6.01 Å². The number of rotatable bonds is 3. The lowest BCUT2D eigenvalue weighted by atomic mass is 10.1. The molecule has 84 valence electrons. The number of likely N-dealkylation sites (N-methyl/N-ethyl adjacent to an activating group) is 1. The Morgan fingerprint density at radius 1 is 1.53 bits per heavy atom. The molecule has 0 aromatic carbocycles. The van der Waals surface area contributed by atoms with Gasteiger partial charge in [-0.05, 0) is 13.3 Å². The van der Waals surface area contributed by atoms with Crippen molar-refractivity contribution in [2.24, 2.45) is 5.73 Å². The second-order valence-electron chi connectivity index (χ2n) is 3.73. The van der Waals surface area contributed by atoms with Crippen LogP contribution in [0.3, 0.4) is 0 Å². The van der Waals surface area contributed by atoms with Crippen molar-refractivity contribution in [2.45, 2.75) is 32.0 Å². The minimum atomic E-state index is 0.197. The predicted octanol–water partition coefficient (Wildman–Crippen LogP) is 0.142. The molecule has 1 aliphatic rings. The van der Waals surface area contributed by atoms with Gasteiger partial charge in [-0.15, -0.1) is 5.10 Å². The Morgan fingerprint density at radius 3 is 2.87 bits per heavy atom. The van der Waals surface area contributed by atoms with Gasteiger partial charge in [-0.1, -0.05) is 5.10 Å². The molecule has 2 atom stereocenters. The molecule has 1 aromatic heterocycles. The van der Waals surface area contributed by atoms with E-state index < -0.39 is 0 Å². The molecule has 2 heterocycles. The molecule has 2 rings (SSSR count). The summed E-state index contributed by atoms with van der Waals surface area (Å²) in [6, 6.07) is 0.814. The van der Waals surface area contributed by atoms with Crippen LogP contribution in [0.1, 0.15) is 19.2 Å². The topological polar surface area (TPSA) is 77.4 Å². The molecule has 15 heavy (non-hydrogen) atoms. The van der Waals surface area contributed by atoms with E-state index in [4.69, 9.17) is 14.9 Å².